The molecule has 0 unspecified atom stereocenters. The summed E-state index contributed by atoms with van der Waals surface area (Å²) < 4.78 is 22.6. The number of nitrogens with two attached hydrogens (primary N) is 1. The summed E-state index contributed by atoms with van der Waals surface area (Å²) in [5.74, 6) is 5.83. The average Bonchev–Trinajstić information content (AvgIpc) is 2.49. The van der Waals surface area contributed by atoms with Crippen LogP contribution in [-0.2, 0) is 14.6 Å². The molecular weight excluding hydrogens is 300 g/mol. The molecule has 6 heteroatoms. The van der Waals surface area contributed by atoms with Crippen LogP contribution in [0.5, 0.6) is 0 Å². The van der Waals surface area contributed by atoms with Gasteiger partial charge < -0.3 is 11.1 Å². The van der Waals surface area contributed by atoms with Crippen LogP contribution in [0.25, 0.3) is 0 Å². The van der Waals surface area contributed by atoms with Crippen molar-refractivity contribution in [2.75, 3.05) is 12.8 Å². The van der Waals surface area contributed by atoms with Crippen LogP contribution in [0.3, 0.4) is 0 Å². The summed E-state index contributed by atoms with van der Waals surface area (Å²) in [6.07, 6.45) is 3.19. The predicted octanol–water partition coefficient (Wildman–Crippen LogP) is 1.08. The number of amides is 1. The zero-order chi connectivity index (χ0) is 16.6. The van der Waals surface area contributed by atoms with Crippen LogP contribution in [0.2, 0.25) is 0 Å². The number of hydrogen-bond donors (Lipinski definition) is 2. The summed E-state index contributed by atoms with van der Waals surface area (Å²) in [6, 6.07) is 6.02. The first-order valence-electron chi connectivity index (χ1n) is 7.17. The van der Waals surface area contributed by atoms with Gasteiger partial charge in [0, 0.05) is 24.8 Å². The van der Waals surface area contributed by atoms with Crippen LogP contribution >= 0.6 is 0 Å². The summed E-state index contributed by atoms with van der Waals surface area (Å²) >= 11 is 0. The minimum atomic E-state index is -3.17. The lowest BCUT2D eigenvalue weighted by molar-refractivity contribution is -0.122. The number of unbranched alkanes of at least 4 members (excludes halogenated alkanes) is 1. The van der Waals surface area contributed by atoms with Crippen LogP contribution < -0.4 is 11.1 Å². The molecule has 1 amide bonds. The van der Waals surface area contributed by atoms with Crippen molar-refractivity contribution in [3.63, 3.8) is 0 Å². The summed E-state index contributed by atoms with van der Waals surface area (Å²) in [5, 5.41) is 2.76. The molecule has 0 saturated carbocycles. The second kappa shape index (κ2) is 8.57. The van der Waals surface area contributed by atoms with Crippen LogP contribution in [0.1, 0.15) is 31.7 Å². The largest absolute Gasteiger partial charge is 0.355 e. The molecule has 0 heterocycles. The van der Waals surface area contributed by atoms with Crippen LogP contribution in [0.4, 0.5) is 0 Å². The SMILES string of the molecule is CC[C@H](N)C(=O)NCCCC#Cc1ccc(S(C)(=O)=O)cc1. The van der Waals surface area contributed by atoms with Crippen molar-refractivity contribution in [1.29, 1.82) is 0 Å². The summed E-state index contributed by atoms with van der Waals surface area (Å²) in [7, 11) is -3.17. The van der Waals surface area contributed by atoms with Crippen molar-refractivity contribution in [2.24, 2.45) is 5.73 Å². The molecule has 0 aliphatic carbocycles. The van der Waals surface area contributed by atoms with E-state index in [0.29, 0.717) is 19.4 Å². The number of carbonyl (C=O) groups excluding carboxylic acids is 1. The lowest BCUT2D eigenvalue weighted by atomic mass is 10.2. The van der Waals surface area contributed by atoms with E-state index >= 15 is 0 Å². The smallest absolute Gasteiger partial charge is 0.236 e. The molecule has 5 nitrogen and oxygen atoms in total. The van der Waals surface area contributed by atoms with Gasteiger partial charge in [-0.2, -0.15) is 0 Å². The Balaban J connectivity index is 2.38. The number of sulfone groups is 1. The molecule has 0 saturated heterocycles. The van der Waals surface area contributed by atoms with Crippen molar-refractivity contribution < 1.29 is 13.2 Å². The van der Waals surface area contributed by atoms with E-state index in [1.807, 2.05) is 6.92 Å². The first kappa shape index (κ1) is 18.2. The number of rotatable bonds is 6. The molecule has 0 spiro atoms. The highest BCUT2D eigenvalue weighted by Gasteiger charge is 2.08. The maximum absolute atomic E-state index is 11.4. The Bertz CT molecular complexity index is 655. The van der Waals surface area contributed by atoms with Gasteiger partial charge in [-0.05, 0) is 37.1 Å². The number of benzene rings is 1. The molecule has 1 aromatic carbocycles. The molecule has 120 valence electrons. The first-order valence-corrected chi connectivity index (χ1v) is 9.06. The minimum absolute atomic E-state index is 0.133. The Morgan fingerprint density at radius 2 is 1.95 bits per heavy atom. The highest BCUT2D eigenvalue weighted by atomic mass is 32.2. The van der Waals surface area contributed by atoms with E-state index in [-0.39, 0.29) is 10.8 Å². The Labute approximate surface area is 132 Å². The van der Waals surface area contributed by atoms with E-state index in [1.54, 1.807) is 24.3 Å². The normalized spacial score (nSPS) is 12.1. The predicted molar refractivity (Wildman–Crippen MR) is 86.9 cm³/mol. The monoisotopic (exact) mass is 322 g/mol. The van der Waals surface area contributed by atoms with Gasteiger partial charge in [0.05, 0.1) is 10.9 Å². The van der Waals surface area contributed by atoms with Crippen molar-refractivity contribution in [1.82, 2.24) is 5.32 Å². The fraction of sp³-hybridized carbons (Fsp3) is 0.438. The molecule has 1 atom stereocenters. The molecule has 0 bridgehead atoms. The topological polar surface area (TPSA) is 89.3 Å². The third kappa shape index (κ3) is 6.29. The molecule has 0 aliphatic rings. The first-order chi connectivity index (χ1) is 10.3. The summed E-state index contributed by atoms with van der Waals surface area (Å²) in [5.41, 5.74) is 6.36. The minimum Gasteiger partial charge on any atom is -0.355 e. The van der Waals surface area contributed by atoms with Gasteiger partial charge in [-0.3, -0.25) is 4.79 Å². The summed E-state index contributed by atoms with van der Waals surface area (Å²) in [4.78, 5) is 11.7. The third-order valence-corrected chi connectivity index (χ3v) is 4.20. The van der Waals surface area contributed by atoms with Crippen molar-refractivity contribution in [3.8, 4) is 11.8 Å². The van der Waals surface area contributed by atoms with E-state index < -0.39 is 15.9 Å². The Morgan fingerprint density at radius 3 is 2.50 bits per heavy atom. The molecular formula is C16H22N2O3S. The van der Waals surface area contributed by atoms with Crippen LogP contribution in [0, 0.1) is 11.8 Å². The maximum Gasteiger partial charge on any atom is 0.236 e. The van der Waals surface area contributed by atoms with Gasteiger partial charge >= 0.3 is 0 Å². The van der Waals surface area contributed by atoms with Crippen molar-refractivity contribution in [3.05, 3.63) is 29.8 Å². The van der Waals surface area contributed by atoms with Gasteiger partial charge in [0.1, 0.15) is 0 Å². The maximum atomic E-state index is 11.4. The van der Waals surface area contributed by atoms with Crippen LogP contribution in [0.15, 0.2) is 29.2 Å². The number of nitrogens with one attached hydrogen (secondary N) is 1. The van der Waals surface area contributed by atoms with Gasteiger partial charge in [-0.15, -0.1) is 0 Å². The number of carbonyl (C=O) groups is 1. The fourth-order valence-electron chi connectivity index (χ4n) is 1.65. The molecule has 1 rings (SSSR count). The van der Waals surface area contributed by atoms with E-state index in [1.165, 1.54) is 6.26 Å². The Kier molecular flexibility index (Phi) is 7.09. The molecule has 0 aliphatic heterocycles. The van der Waals surface area contributed by atoms with Gasteiger partial charge in [0.2, 0.25) is 5.91 Å². The second-order valence-corrected chi connectivity index (χ2v) is 7.02. The van der Waals surface area contributed by atoms with Crippen molar-refractivity contribution >= 4 is 15.7 Å². The molecule has 0 radical (unpaired) electrons. The fourth-order valence-corrected chi connectivity index (χ4v) is 2.29. The Morgan fingerprint density at radius 1 is 1.32 bits per heavy atom. The second-order valence-electron chi connectivity index (χ2n) is 5.01. The van der Waals surface area contributed by atoms with E-state index in [4.69, 9.17) is 5.73 Å². The van der Waals surface area contributed by atoms with E-state index in [2.05, 4.69) is 17.2 Å². The van der Waals surface area contributed by atoms with Crippen LogP contribution in [-0.4, -0.2) is 33.2 Å². The standard InChI is InChI=1S/C16H22N2O3S/c1-3-15(17)16(19)18-12-6-4-5-7-13-8-10-14(11-9-13)22(2,20)21/h8-11,15H,3-4,6,12,17H2,1-2H3,(H,18,19)/t15-/m0/s1. The quantitative estimate of drug-likeness (QED) is 0.606. The lowest BCUT2D eigenvalue weighted by Gasteiger charge is -2.08. The van der Waals surface area contributed by atoms with Gasteiger partial charge in [0.15, 0.2) is 9.84 Å². The highest BCUT2D eigenvalue weighted by Crippen LogP contribution is 2.09. The summed E-state index contributed by atoms with van der Waals surface area (Å²) in [6.45, 7) is 2.42. The number of hydrogen-bond acceptors (Lipinski definition) is 4. The van der Waals surface area contributed by atoms with Gasteiger partial charge in [0.25, 0.3) is 0 Å². The van der Waals surface area contributed by atoms with E-state index in [0.717, 1.165) is 12.0 Å². The zero-order valence-electron chi connectivity index (χ0n) is 12.9. The lowest BCUT2D eigenvalue weighted by Crippen LogP contribution is -2.40. The van der Waals surface area contributed by atoms with Crippen molar-refractivity contribution in [2.45, 2.75) is 37.1 Å². The zero-order valence-corrected chi connectivity index (χ0v) is 13.7. The third-order valence-electron chi connectivity index (χ3n) is 3.07. The Hall–Kier alpha value is -1.84. The molecule has 1 aromatic rings. The van der Waals surface area contributed by atoms with E-state index in [9.17, 15) is 13.2 Å². The highest BCUT2D eigenvalue weighted by molar-refractivity contribution is 7.90. The average molecular weight is 322 g/mol. The molecule has 3 N–H and O–H groups in total. The molecule has 0 fully saturated rings. The molecule has 0 aromatic heterocycles. The van der Waals surface area contributed by atoms with Gasteiger partial charge in [-0.1, -0.05) is 18.8 Å². The van der Waals surface area contributed by atoms with Gasteiger partial charge in [-0.25, -0.2) is 8.42 Å². The molecule has 22 heavy (non-hydrogen) atoms.